The van der Waals surface area contributed by atoms with Crippen LogP contribution < -0.4 is 10.5 Å². The highest BCUT2D eigenvalue weighted by atomic mass is 32.2. The van der Waals surface area contributed by atoms with Crippen LogP contribution in [0.3, 0.4) is 0 Å². The normalized spacial score (nSPS) is 17.5. The molecular formula is C17H29N6S+. The van der Waals surface area contributed by atoms with Gasteiger partial charge in [-0.15, -0.1) is 0 Å². The fourth-order valence-corrected chi connectivity index (χ4v) is 3.66. The maximum Gasteiger partial charge on any atom is 0.229 e. The second kappa shape index (κ2) is 9.03. The van der Waals surface area contributed by atoms with E-state index in [1.54, 1.807) is 12.1 Å². The first-order valence-electron chi connectivity index (χ1n) is 8.64. The first-order valence-corrected chi connectivity index (χ1v) is 9.42. The van der Waals surface area contributed by atoms with Crippen LogP contribution in [0.5, 0.6) is 0 Å². The summed E-state index contributed by atoms with van der Waals surface area (Å²) in [4.78, 5) is 4.56. The zero-order chi connectivity index (χ0) is 17.5. The second-order valence-electron chi connectivity index (χ2n) is 6.03. The third kappa shape index (κ3) is 4.95. The Bertz CT molecular complexity index is 588. The Hall–Kier alpha value is -1.60. The Balaban J connectivity index is 1.86. The van der Waals surface area contributed by atoms with Crippen LogP contribution in [0.1, 0.15) is 45.7 Å². The minimum absolute atomic E-state index is 0.334. The smallest absolute Gasteiger partial charge is 0.229 e. The van der Waals surface area contributed by atoms with Crippen LogP contribution >= 0.6 is 12.1 Å². The van der Waals surface area contributed by atoms with Gasteiger partial charge in [0, 0.05) is 44.3 Å². The molecule has 0 atom stereocenters. The molecule has 0 spiro atoms. The molecule has 1 aromatic rings. The van der Waals surface area contributed by atoms with Crippen LogP contribution in [0.2, 0.25) is 0 Å². The van der Waals surface area contributed by atoms with Crippen molar-refractivity contribution in [2.75, 3.05) is 17.8 Å². The van der Waals surface area contributed by atoms with Gasteiger partial charge in [-0.3, -0.25) is 0 Å². The molecule has 1 saturated heterocycles. The van der Waals surface area contributed by atoms with Crippen molar-refractivity contribution < 1.29 is 4.58 Å². The van der Waals surface area contributed by atoms with E-state index in [0.717, 1.165) is 49.7 Å². The molecule has 132 valence electrons. The summed E-state index contributed by atoms with van der Waals surface area (Å²) >= 11 is 1.62. The number of amidine groups is 2. The van der Waals surface area contributed by atoms with Gasteiger partial charge in [0.2, 0.25) is 5.84 Å². The summed E-state index contributed by atoms with van der Waals surface area (Å²) in [5.41, 5.74) is 7.10. The van der Waals surface area contributed by atoms with Crippen molar-refractivity contribution in [2.45, 2.75) is 52.5 Å². The number of hydrogen-bond donors (Lipinski definition) is 3. The van der Waals surface area contributed by atoms with Gasteiger partial charge in [-0.05, 0) is 31.4 Å². The van der Waals surface area contributed by atoms with Crippen molar-refractivity contribution in [2.24, 2.45) is 5.73 Å². The van der Waals surface area contributed by atoms with Gasteiger partial charge in [-0.25, -0.2) is 13.9 Å². The number of nitrogens with one attached hydrogen (secondary N) is 2. The van der Waals surface area contributed by atoms with Crippen molar-refractivity contribution in [3.63, 3.8) is 0 Å². The first kappa shape index (κ1) is 18.7. The lowest BCUT2D eigenvalue weighted by Gasteiger charge is -2.31. The molecule has 1 fully saturated rings. The molecule has 2 rings (SSSR count). The lowest BCUT2D eigenvalue weighted by molar-refractivity contribution is -0.465. The van der Waals surface area contributed by atoms with Crippen molar-refractivity contribution in [3.8, 4) is 0 Å². The molecule has 0 amide bonds. The second-order valence-corrected chi connectivity index (χ2v) is 6.94. The molecular weight excluding hydrogens is 320 g/mol. The summed E-state index contributed by atoms with van der Waals surface area (Å²) in [6, 6.07) is 6.41. The fraction of sp³-hybridized carbons (Fsp3) is 0.588. The predicted octanol–water partition coefficient (Wildman–Crippen LogP) is 2.86. The van der Waals surface area contributed by atoms with E-state index in [2.05, 4.69) is 20.9 Å². The zero-order valence-electron chi connectivity index (χ0n) is 14.9. The summed E-state index contributed by atoms with van der Waals surface area (Å²) in [5, 5.41) is 8.13. The van der Waals surface area contributed by atoms with Crippen LogP contribution in [-0.4, -0.2) is 44.7 Å². The van der Waals surface area contributed by atoms with Crippen LogP contribution in [0.15, 0.2) is 18.2 Å². The van der Waals surface area contributed by atoms with Gasteiger partial charge in [0.1, 0.15) is 5.82 Å². The minimum Gasteiger partial charge on any atom is -0.322 e. The van der Waals surface area contributed by atoms with E-state index < -0.39 is 0 Å². The van der Waals surface area contributed by atoms with Gasteiger partial charge in [0.25, 0.3) is 0 Å². The SMILES string of the molecule is CCC(=N)[N+](=C(C)N)C1CCN(SNc2cccc(CC)n2)CC1. The molecule has 1 aliphatic rings. The van der Waals surface area contributed by atoms with Gasteiger partial charge in [0.05, 0.1) is 6.04 Å². The Labute approximate surface area is 149 Å². The number of piperidine rings is 1. The largest absolute Gasteiger partial charge is 0.322 e. The summed E-state index contributed by atoms with van der Waals surface area (Å²) in [7, 11) is 0. The van der Waals surface area contributed by atoms with E-state index in [4.69, 9.17) is 11.1 Å². The molecule has 1 aliphatic heterocycles. The number of pyridine rings is 1. The van der Waals surface area contributed by atoms with Gasteiger partial charge in [-0.1, -0.05) is 19.9 Å². The number of aromatic nitrogens is 1. The lowest BCUT2D eigenvalue weighted by atomic mass is 10.1. The average Bonchev–Trinajstić information content (AvgIpc) is 2.61. The molecule has 0 aliphatic carbocycles. The van der Waals surface area contributed by atoms with Gasteiger partial charge in [0.15, 0.2) is 5.84 Å². The van der Waals surface area contributed by atoms with Crippen molar-refractivity contribution in [1.82, 2.24) is 9.29 Å². The number of anilines is 1. The number of nitrogens with zero attached hydrogens (tertiary/aromatic N) is 3. The third-order valence-electron chi connectivity index (χ3n) is 4.24. The molecule has 0 saturated carbocycles. The standard InChI is InChI=1S/C17H28N6S/c1-4-14-7-6-8-17(20-14)21-24-22-11-9-15(10-12-22)23(13(3)18)16(19)5-2/h6-8,15,18-19H,4-5,9-12H2,1-3H3,(H,20,21)/p+1. The molecule has 4 N–H and O–H groups in total. The predicted molar refractivity (Wildman–Crippen MR) is 103 cm³/mol. The lowest BCUT2D eigenvalue weighted by Crippen LogP contribution is -2.44. The molecule has 0 aromatic carbocycles. The van der Waals surface area contributed by atoms with E-state index in [9.17, 15) is 0 Å². The maximum absolute atomic E-state index is 8.13. The fourth-order valence-electron chi connectivity index (χ4n) is 2.93. The monoisotopic (exact) mass is 349 g/mol. The summed E-state index contributed by atoms with van der Waals surface area (Å²) < 4.78 is 7.65. The Kier molecular flexibility index (Phi) is 7.05. The first-order chi connectivity index (χ1) is 11.5. The van der Waals surface area contributed by atoms with Crippen LogP contribution in [0.4, 0.5) is 5.82 Å². The topological polar surface area (TPSA) is 81.0 Å². The van der Waals surface area contributed by atoms with Crippen LogP contribution in [0.25, 0.3) is 0 Å². The van der Waals surface area contributed by atoms with E-state index in [-0.39, 0.29) is 0 Å². The van der Waals surface area contributed by atoms with Gasteiger partial charge < -0.3 is 10.5 Å². The summed E-state index contributed by atoms with van der Waals surface area (Å²) in [6.07, 6.45) is 3.67. The Morgan fingerprint density at radius 2 is 2.12 bits per heavy atom. The zero-order valence-corrected chi connectivity index (χ0v) is 15.7. The molecule has 2 heterocycles. The number of aryl methyl sites for hydroxylation is 1. The molecule has 0 radical (unpaired) electrons. The molecule has 0 unspecified atom stereocenters. The highest BCUT2D eigenvalue weighted by Gasteiger charge is 2.27. The molecule has 7 heteroatoms. The minimum atomic E-state index is 0.334. The maximum atomic E-state index is 8.13. The van der Waals surface area contributed by atoms with Crippen LogP contribution in [0, 0.1) is 5.41 Å². The summed E-state index contributed by atoms with van der Waals surface area (Å²) in [5.74, 6) is 2.24. The number of nitrogens with two attached hydrogens (primary N) is 1. The van der Waals surface area contributed by atoms with Crippen molar-refractivity contribution in [3.05, 3.63) is 23.9 Å². The van der Waals surface area contributed by atoms with E-state index in [1.807, 2.05) is 36.6 Å². The quantitative estimate of drug-likeness (QED) is 0.318. The number of rotatable bonds is 6. The Morgan fingerprint density at radius 1 is 1.42 bits per heavy atom. The highest BCUT2D eigenvalue weighted by Crippen LogP contribution is 2.22. The Morgan fingerprint density at radius 3 is 2.71 bits per heavy atom. The molecule has 0 bridgehead atoms. The molecule has 6 nitrogen and oxygen atoms in total. The van der Waals surface area contributed by atoms with Crippen LogP contribution in [-0.2, 0) is 6.42 Å². The van der Waals surface area contributed by atoms with E-state index >= 15 is 0 Å². The summed E-state index contributed by atoms with van der Waals surface area (Å²) in [6.45, 7) is 7.94. The average molecular weight is 350 g/mol. The van der Waals surface area contributed by atoms with Crippen molar-refractivity contribution in [1.29, 1.82) is 5.41 Å². The van der Waals surface area contributed by atoms with Crippen molar-refractivity contribution >= 4 is 29.6 Å². The third-order valence-corrected chi connectivity index (χ3v) is 5.17. The molecule has 24 heavy (non-hydrogen) atoms. The molecule has 1 aromatic heterocycles. The number of hydrogen-bond acceptors (Lipinski definition) is 5. The van der Waals surface area contributed by atoms with Gasteiger partial charge in [-0.2, -0.15) is 5.41 Å². The van der Waals surface area contributed by atoms with Gasteiger partial charge >= 0.3 is 0 Å². The van der Waals surface area contributed by atoms with E-state index in [1.165, 1.54) is 0 Å². The van der Waals surface area contributed by atoms with E-state index in [0.29, 0.717) is 18.3 Å². The highest BCUT2D eigenvalue weighted by molar-refractivity contribution is 7.98.